The monoisotopic (exact) mass is 400 g/mol. The molecule has 2 rings (SSSR count). The Kier molecular flexibility index (Phi) is 9.27. The molecule has 1 aliphatic rings. The summed E-state index contributed by atoms with van der Waals surface area (Å²) < 4.78 is 25.6. The van der Waals surface area contributed by atoms with Crippen LogP contribution in [0.1, 0.15) is 25.5 Å². The van der Waals surface area contributed by atoms with E-state index in [0.29, 0.717) is 56.0 Å². The summed E-state index contributed by atoms with van der Waals surface area (Å²) >= 11 is 6.36. The van der Waals surface area contributed by atoms with E-state index in [0.717, 1.165) is 6.54 Å². The van der Waals surface area contributed by atoms with E-state index in [-0.39, 0.29) is 18.0 Å². The van der Waals surface area contributed by atoms with Gasteiger partial charge < -0.3 is 20.1 Å². The number of nitrogens with zero attached hydrogens (tertiary/aromatic N) is 2. The Balaban J connectivity index is 2.10. The number of benzene rings is 1. The highest BCUT2D eigenvalue weighted by Crippen LogP contribution is 2.31. The van der Waals surface area contributed by atoms with E-state index in [9.17, 15) is 4.39 Å². The predicted octanol–water partition coefficient (Wildman–Crippen LogP) is 2.44. The highest BCUT2D eigenvalue weighted by molar-refractivity contribution is 6.31. The largest absolute Gasteiger partial charge is 0.380 e. The Morgan fingerprint density at radius 1 is 1.48 bits per heavy atom. The van der Waals surface area contributed by atoms with Gasteiger partial charge in [-0.05, 0) is 26.0 Å². The summed E-state index contributed by atoms with van der Waals surface area (Å²) in [7, 11) is 1.71. The number of guanidine groups is 1. The van der Waals surface area contributed by atoms with Crippen LogP contribution in [0.15, 0.2) is 23.2 Å². The number of aliphatic imine (C=N–C) groups is 1. The average Bonchev–Trinajstić information content (AvgIpc) is 2.65. The van der Waals surface area contributed by atoms with Crippen LogP contribution in [0.5, 0.6) is 0 Å². The maximum Gasteiger partial charge on any atom is 0.191 e. The van der Waals surface area contributed by atoms with Gasteiger partial charge in [-0.15, -0.1) is 0 Å². The van der Waals surface area contributed by atoms with Crippen LogP contribution in [-0.2, 0) is 9.47 Å². The molecule has 0 radical (unpaired) electrons. The summed E-state index contributed by atoms with van der Waals surface area (Å²) in [5.74, 6) is 0.348. The molecule has 8 heteroatoms. The molecule has 1 aromatic rings. The van der Waals surface area contributed by atoms with Crippen LogP contribution < -0.4 is 10.6 Å². The van der Waals surface area contributed by atoms with E-state index in [1.807, 2.05) is 13.8 Å². The number of morpholine rings is 1. The standard InChI is InChI=1S/C19H30ClFN4O2/c1-4-26-10-8-23-19(22-3)24-12-17(25-9-11-27-14(2)13-25)18-15(20)6-5-7-16(18)21/h5-7,14,17H,4,8-13H2,1-3H3,(H2,22,23,24). The SMILES string of the molecule is CCOCCNC(=NC)NCC(c1c(F)cccc1Cl)N1CCOC(C)C1. The number of halogens is 2. The molecule has 1 fully saturated rings. The summed E-state index contributed by atoms with van der Waals surface area (Å²) in [5.41, 5.74) is 0.505. The predicted molar refractivity (Wildman–Crippen MR) is 107 cm³/mol. The van der Waals surface area contributed by atoms with Gasteiger partial charge in [-0.3, -0.25) is 9.89 Å². The molecule has 2 atom stereocenters. The first-order valence-corrected chi connectivity index (χ1v) is 9.76. The summed E-state index contributed by atoms with van der Waals surface area (Å²) in [4.78, 5) is 6.43. The van der Waals surface area contributed by atoms with Crippen molar-refractivity contribution in [2.75, 3.05) is 53.0 Å². The lowest BCUT2D eigenvalue weighted by atomic mass is 10.0. The number of hydrogen-bond acceptors (Lipinski definition) is 4. The second-order valence-corrected chi connectivity index (χ2v) is 6.81. The smallest absolute Gasteiger partial charge is 0.191 e. The number of nitrogens with one attached hydrogen (secondary N) is 2. The second-order valence-electron chi connectivity index (χ2n) is 6.40. The van der Waals surface area contributed by atoms with Gasteiger partial charge in [-0.25, -0.2) is 4.39 Å². The molecule has 0 aliphatic carbocycles. The Hall–Kier alpha value is -1.41. The fraction of sp³-hybridized carbons (Fsp3) is 0.632. The van der Waals surface area contributed by atoms with Crippen LogP contribution in [0.4, 0.5) is 4.39 Å². The third-order valence-electron chi connectivity index (χ3n) is 4.48. The minimum absolute atomic E-state index is 0.0930. The van der Waals surface area contributed by atoms with Crippen molar-refractivity contribution in [3.8, 4) is 0 Å². The summed E-state index contributed by atoms with van der Waals surface area (Å²) in [6.07, 6.45) is 0.0930. The maximum atomic E-state index is 14.6. The highest BCUT2D eigenvalue weighted by Gasteiger charge is 2.29. The van der Waals surface area contributed by atoms with E-state index < -0.39 is 0 Å². The second kappa shape index (κ2) is 11.4. The molecule has 2 unspecified atom stereocenters. The summed E-state index contributed by atoms with van der Waals surface area (Å²) in [6.45, 7) is 8.43. The lowest BCUT2D eigenvalue weighted by molar-refractivity contribution is -0.0343. The third kappa shape index (κ3) is 6.60. The highest BCUT2D eigenvalue weighted by atomic mass is 35.5. The van der Waals surface area contributed by atoms with Gasteiger partial charge in [0.2, 0.25) is 0 Å². The number of ether oxygens (including phenoxy) is 2. The molecule has 0 amide bonds. The Morgan fingerprint density at radius 3 is 2.96 bits per heavy atom. The van der Waals surface area contributed by atoms with Crippen molar-refractivity contribution < 1.29 is 13.9 Å². The first-order chi connectivity index (χ1) is 13.1. The van der Waals surface area contributed by atoms with Crippen molar-refractivity contribution in [3.05, 3.63) is 34.6 Å². The average molecular weight is 401 g/mol. The molecule has 1 aliphatic heterocycles. The van der Waals surface area contributed by atoms with E-state index in [2.05, 4.69) is 20.5 Å². The molecule has 1 aromatic carbocycles. The van der Waals surface area contributed by atoms with Gasteiger partial charge in [0.1, 0.15) is 5.82 Å². The van der Waals surface area contributed by atoms with Crippen LogP contribution in [0.25, 0.3) is 0 Å². The zero-order valence-electron chi connectivity index (χ0n) is 16.3. The zero-order valence-corrected chi connectivity index (χ0v) is 17.1. The van der Waals surface area contributed by atoms with E-state index in [4.69, 9.17) is 21.1 Å². The van der Waals surface area contributed by atoms with Gasteiger partial charge in [0.25, 0.3) is 0 Å². The van der Waals surface area contributed by atoms with Crippen molar-refractivity contribution in [2.45, 2.75) is 26.0 Å². The van der Waals surface area contributed by atoms with E-state index in [1.165, 1.54) is 6.07 Å². The van der Waals surface area contributed by atoms with Gasteiger partial charge in [-0.1, -0.05) is 17.7 Å². The topological polar surface area (TPSA) is 58.1 Å². The van der Waals surface area contributed by atoms with Crippen LogP contribution in [0, 0.1) is 5.82 Å². The molecular formula is C19H30ClFN4O2. The normalized spacial score (nSPS) is 19.7. The van der Waals surface area contributed by atoms with Gasteiger partial charge in [-0.2, -0.15) is 0 Å². The summed E-state index contributed by atoms with van der Waals surface area (Å²) in [5, 5.41) is 6.91. The fourth-order valence-corrected chi connectivity index (χ4v) is 3.46. The Morgan fingerprint density at radius 2 is 2.30 bits per heavy atom. The first-order valence-electron chi connectivity index (χ1n) is 9.38. The minimum Gasteiger partial charge on any atom is -0.380 e. The number of hydrogen-bond donors (Lipinski definition) is 2. The van der Waals surface area contributed by atoms with Crippen LogP contribution in [0.3, 0.4) is 0 Å². The van der Waals surface area contributed by atoms with Crippen molar-refractivity contribution in [2.24, 2.45) is 4.99 Å². The van der Waals surface area contributed by atoms with E-state index in [1.54, 1.807) is 19.2 Å². The van der Waals surface area contributed by atoms with Gasteiger partial charge in [0, 0.05) is 50.4 Å². The maximum absolute atomic E-state index is 14.6. The first kappa shape index (κ1) is 21.9. The molecule has 0 bridgehead atoms. The Labute approximate surface area is 166 Å². The van der Waals surface area contributed by atoms with Crippen LogP contribution in [-0.4, -0.2) is 70.0 Å². The van der Waals surface area contributed by atoms with Crippen molar-refractivity contribution >= 4 is 17.6 Å². The quantitative estimate of drug-likeness (QED) is 0.399. The number of rotatable bonds is 8. The minimum atomic E-state index is -0.298. The lowest BCUT2D eigenvalue weighted by Crippen LogP contribution is -2.48. The third-order valence-corrected chi connectivity index (χ3v) is 4.81. The van der Waals surface area contributed by atoms with Gasteiger partial charge in [0.05, 0.1) is 25.4 Å². The summed E-state index contributed by atoms with van der Waals surface area (Å²) in [6, 6.07) is 4.58. The molecule has 6 nitrogen and oxygen atoms in total. The van der Waals surface area contributed by atoms with Crippen LogP contribution in [0.2, 0.25) is 5.02 Å². The molecule has 0 saturated carbocycles. The molecule has 152 valence electrons. The van der Waals surface area contributed by atoms with Crippen LogP contribution >= 0.6 is 11.6 Å². The van der Waals surface area contributed by atoms with Gasteiger partial charge in [0.15, 0.2) is 5.96 Å². The lowest BCUT2D eigenvalue weighted by Gasteiger charge is -2.38. The molecule has 27 heavy (non-hydrogen) atoms. The van der Waals surface area contributed by atoms with Gasteiger partial charge >= 0.3 is 0 Å². The molecular weight excluding hydrogens is 371 g/mol. The fourth-order valence-electron chi connectivity index (χ4n) is 3.17. The van der Waals surface area contributed by atoms with Crippen molar-refractivity contribution in [1.29, 1.82) is 0 Å². The molecule has 1 saturated heterocycles. The molecule has 1 heterocycles. The molecule has 0 spiro atoms. The van der Waals surface area contributed by atoms with Crippen molar-refractivity contribution in [3.63, 3.8) is 0 Å². The van der Waals surface area contributed by atoms with Crippen molar-refractivity contribution in [1.82, 2.24) is 15.5 Å². The van der Waals surface area contributed by atoms with E-state index >= 15 is 0 Å². The zero-order chi connectivity index (χ0) is 19.6. The molecule has 0 aromatic heterocycles. The Bertz CT molecular complexity index is 597. The molecule has 2 N–H and O–H groups in total.